The summed E-state index contributed by atoms with van der Waals surface area (Å²) >= 11 is 11.4. The van der Waals surface area contributed by atoms with Crippen molar-refractivity contribution in [1.29, 1.82) is 0 Å². The van der Waals surface area contributed by atoms with Gasteiger partial charge < -0.3 is 5.73 Å². The summed E-state index contributed by atoms with van der Waals surface area (Å²) < 4.78 is 24.0. The van der Waals surface area contributed by atoms with Gasteiger partial charge in [0.1, 0.15) is 0 Å². The average Bonchev–Trinajstić information content (AvgIpc) is 2.08. The van der Waals surface area contributed by atoms with Gasteiger partial charge in [0.15, 0.2) is 0 Å². The molecule has 86 valence electrons. The quantitative estimate of drug-likeness (QED) is 0.885. The summed E-state index contributed by atoms with van der Waals surface area (Å²) in [5.74, 6) is 0. The molecule has 1 nitrogen and oxygen atoms in total. The Morgan fingerprint density at radius 3 is 2.27 bits per heavy atom. The Hall–Kier alpha value is -0.0900. The van der Waals surface area contributed by atoms with Gasteiger partial charge in [-0.1, -0.05) is 29.3 Å². The van der Waals surface area contributed by atoms with E-state index < -0.39 is 12.5 Å². The van der Waals surface area contributed by atoms with Crippen molar-refractivity contribution in [2.24, 2.45) is 5.73 Å². The normalized spacial score (nSPS) is 12.4. The van der Waals surface area contributed by atoms with E-state index in [-0.39, 0.29) is 18.8 Å². The van der Waals surface area contributed by atoms with Crippen LogP contribution in [0.2, 0.25) is 10.0 Å². The van der Waals surface area contributed by atoms with Crippen LogP contribution in [0.25, 0.3) is 0 Å². The maximum atomic E-state index is 12.0. The zero-order chi connectivity index (χ0) is 10.7. The topological polar surface area (TPSA) is 26.0 Å². The molecule has 1 atom stereocenters. The summed E-state index contributed by atoms with van der Waals surface area (Å²) in [4.78, 5) is 0. The predicted octanol–water partition coefficient (Wildman–Crippen LogP) is 4.07. The van der Waals surface area contributed by atoms with E-state index in [1.54, 1.807) is 12.1 Å². The zero-order valence-electron chi connectivity index (χ0n) is 7.59. The van der Waals surface area contributed by atoms with Crippen LogP contribution in [-0.4, -0.2) is 6.43 Å². The molecule has 2 N–H and O–H groups in total. The molecule has 1 aromatic carbocycles. The van der Waals surface area contributed by atoms with Crippen LogP contribution >= 0.6 is 35.6 Å². The van der Waals surface area contributed by atoms with Crippen molar-refractivity contribution in [2.75, 3.05) is 0 Å². The van der Waals surface area contributed by atoms with Crippen LogP contribution in [0.3, 0.4) is 0 Å². The number of alkyl halides is 2. The third-order valence-corrected chi connectivity index (χ3v) is 2.54. The summed E-state index contributed by atoms with van der Waals surface area (Å²) in [6.45, 7) is 0. The SMILES string of the molecule is Cl.N[C@H](CC(F)F)c1ccc(Cl)c(Cl)c1. The van der Waals surface area contributed by atoms with Gasteiger partial charge in [0.05, 0.1) is 10.0 Å². The summed E-state index contributed by atoms with van der Waals surface area (Å²) in [5, 5.41) is 0.716. The Labute approximate surface area is 103 Å². The lowest BCUT2D eigenvalue weighted by Crippen LogP contribution is -2.13. The molecule has 6 heteroatoms. The van der Waals surface area contributed by atoms with Gasteiger partial charge in [0, 0.05) is 12.5 Å². The van der Waals surface area contributed by atoms with Gasteiger partial charge in [-0.3, -0.25) is 0 Å². The Kier molecular flexibility index (Phi) is 6.44. The lowest BCUT2D eigenvalue weighted by molar-refractivity contribution is 0.128. The molecule has 0 unspecified atom stereocenters. The molecular formula is C9H10Cl3F2N. The molecule has 0 bridgehead atoms. The van der Waals surface area contributed by atoms with E-state index >= 15 is 0 Å². The van der Waals surface area contributed by atoms with E-state index in [1.165, 1.54) is 6.07 Å². The fourth-order valence-electron chi connectivity index (χ4n) is 1.07. The highest BCUT2D eigenvalue weighted by atomic mass is 35.5. The lowest BCUT2D eigenvalue weighted by Gasteiger charge is -2.11. The Morgan fingerprint density at radius 1 is 1.20 bits per heavy atom. The van der Waals surface area contributed by atoms with Crippen LogP contribution in [-0.2, 0) is 0 Å². The van der Waals surface area contributed by atoms with E-state index in [1.807, 2.05) is 0 Å². The molecule has 0 fully saturated rings. The van der Waals surface area contributed by atoms with Crippen LogP contribution in [0, 0.1) is 0 Å². The molecule has 0 aromatic heterocycles. The minimum Gasteiger partial charge on any atom is -0.324 e. The van der Waals surface area contributed by atoms with Crippen LogP contribution in [0.1, 0.15) is 18.0 Å². The molecule has 0 aliphatic rings. The largest absolute Gasteiger partial charge is 0.324 e. The highest BCUT2D eigenvalue weighted by Gasteiger charge is 2.13. The van der Waals surface area contributed by atoms with E-state index in [2.05, 4.69) is 0 Å². The summed E-state index contributed by atoms with van der Waals surface area (Å²) in [6.07, 6.45) is -2.79. The van der Waals surface area contributed by atoms with Gasteiger partial charge >= 0.3 is 0 Å². The minimum atomic E-state index is -2.42. The first kappa shape index (κ1) is 14.9. The molecule has 0 radical (unpaired) electrons. The fraction of sp³-hybridized carbons (Fsp3) is 0.333. The van der Waals surface area contributed by atoms with E-state index in [0.717, 1.165) is 0 Å². The molecular weight excluding hydrogens is 266 g/mol. The Morgan fingerprint density at radius 2 is 1.80 bits per heavy atom. The second kappa shape index (κ2) is 6.48. The van der Waals surface area contributed by atoms with Gasteiger partial charge in [0.25, 0.3) is 0 Å². The van der Waals surface area contributed by atoms with E-state index in [0.29, 0.717) is 15.6 Å². The lowest BCUT2D eigenvalue weighted by atomic mass is 10.1. The van der Waals surface area contributed by atoms with Crippen molar-refractivity contribution in [1.82, 2.24) is 0 Å². The van der Waals surface area contributed by atoms with Crippen molar-refractivity contribution in [3.63, 3.8) is 0 Å². The molecule has 0 aliphatic heterocycles. The van der Waals surface area contributed by atoms with Crippen molar-refractivity contribution in [3.05, 3.63) is 33.8 Å². The van der Waals surface area contributed by atoms with Crippen LogP contribution in [0.5, 0.6) is 0 Å². The van der Waals surface area contributed by atoms with Crippen molar-refractivity contribution in [2.45, 2.75) is 18.9 Å². The van der Waals surface area contributed by atoms with Crippen LogP contribution in [0.15, 0.2) is 18.2 Å². The maximum absolute atomic E-state index is 12.0. The molecule has 0 heterocycles. The Bertz CT molecular complexity index is 320. The average molecular weight is 277 g/mol. The van der Waals surface area contributed by atoms with Gasteiger partial charge in [-0.05, 0) is 17.7 Å². The van der Waals surface area contributed by atoms with Crippen molar-refractivity contribution < 1.29 is 8.78 Å². The van der Waals surface area contributed by atoms with Gasteiger partial charge in [-0.15, -0.1) is 12.4 Å². The number of halogens is 5. The van der Waals surface area contributed by atoms with Gasteiger partial charge in [-0.2, -0.15) is 0 Å². The fourth-order valence-corrected chi connectivity index (χ4v) is 1.38. The third-order valence-electron chi connectivity index (χ3n) is 1.80. The first-order valence-electron chi connectivity index (χ1n) is 3.99. The second-order valence-corrected chi connectivity index (χ2v) is 3.72. The molecule has 0 spiro atoms. The number of hydrogen-bond donors (Lipinski definition) is 1. The van der Waals surface area contributed by atoms with E-state index in [4.69, 9.17) is 28.9 Å². The number of rotatable bonds is 3. The second-order valence-electron chi connectivity index (χ2n) is 2.91. The minimum absolute atomic E-state index is 0. The number of hydrogen-bond acceptors (Lipinski definition) is 1. The monoisotopic (exact) mass is 275 g/mol. The molecule has 0 amide bonds. The predicted molar refractivity (Wildman–Crippen MR) is 61.3 cm³/mol. The number of benzene rings is 1. The van der Waals surface area contributed by atoms with Crippen molar-refractivity contribution in [3.8, 4) is 0 Å². The molecule has 0 saturated carbocycles. The summed E-state index contributed by atoms with van der Waals surface area (Å²) in [6, 6.07) is 3.95. The smallest absolute Gasteiger partial charge is 0.240 e. The highest BCUT2D eigenvalue weighted by Crippen LogP contribution is 2.26. The highest BCUT2D eigenvalue weighted by molar-refractivity contribution is 6.42. The van der Waals surface area contributed by atoms with Gasteiger partial charge in [0.2, 0.25) is 6.43 Å². The van der Waals surface area contributed by atoms with E-state index in [9.17, 15) is 8.78 Å². The van der Waals surface area contributed by atoms with Crippen molar-refractivity contribution >= 4 is 35.6 Å². The first-order valence-corrected chi connectivity index (χ1v) is 4.75. The van der Waals surface area contributed by atoms with Gasteiger partial charge in [-0.25, -0.2) is 8.78 Å². The Balaban J connectivity index is 0.00000196. The standard InChI is InChI=1S/C9H9Cl2F2N.ClH/c10-6-2-1-5(3-7(6)11)8(14)4-9(12)13;/h1-3,8-9H,4,14H2;1H/t8-;/m1./s1. The zero-order valence-corrected chi connectivity index (χ0v) is 9.92. The molecule has 15 heavy (non-hydrogen) atoms. The maximum Gasteiger partial charge on any atom is 0.240 e. The van der Waals surface area contributed by atoms with Crippen LogP contribution < -0.4 is 5.73 Å². The molecule has 1 rings (SSSR count). The third kappa shape index (κ3) is 4.51. The number of nitrogens with two attached hydrogens (primary N) is 1. The molecule has 0 aliphatic carbocycles. The molecule has 1 aromatic rings. The summed E-state index contributed by atoms with van der Waals surface area (Å²) in [5.41, 5.74) is 6.10. The summed E-state index contributed by atoms with van der Waals surface area (Å²) in [7, 11) is 0. The first-order chi connectivity index (χ1) is 6.50. The molecule has 0 saturated heterocycles. The van der Waals surface area contributed by atoms with Crippen LogP contribution in [0.4, 0.5) is 8.78 Å².